The highest BCUT2D eigenvalue weighted by atomic mass is 16.7. The van der Waals surface area contributed by atoms with Crippen molar-refractivity contribution in [2.24, 2.45) is 0 Å². The van der Waals surface area contributed by atoms with E-state index < -0.39 is 24.4 Å². The number of rotatable bonds is 2. The second-order valence-electron chi connectivity index (χ2n) is 5.30. The van der Waals surface area contributed by atoms with E-state index in [9.17, 15) is 4.79 Å². The standard InChI is InChI=1S/C10H15B2N2O5/c1-9(2)10(3,4)19-12(18-9)7-5-13-14(6-7)8(15)17-11-16/h5-6,16H,1-4H3. The third kappa shape index (κ3) is 2.54. The topological polar surface area (TPSA) is 82.8 Å². The minimum Gasteiger partial charge on any atom is -0.492 e. The van der Waals surface area contributed by atoms with Crippen LogP contribution in [0.4, 0.5) is 4.79 Å². The lowest BCUT2D eigenvalue weighted by molar-refractivity contribution is 0.00578. The van der Waals surface area contributed by atoms with Crippen molar-refractivity contribution >= 4 is 26.4 Å². The number of hydrogen-bond donors (Lipinski definition) is 1. The van der Waals surface area contributed by atoms with E-state index in [1.807, 2.05) is 27.7 Å². The van der Waals surface area contributed by atoms with Gasteiger partial charge in [0.1, 0.15) is 0 Å². The molecule has 101 valence electrons. The molecule has 0 spiro atoms. The molecule has 1 N–H and O–H groups in total. The Labute approximate surface area is 112 Å². The summed E-state index contributed by atoms with van der Waals surface area (Å²) in [7, 11) is -0.289. The van der Waals surface area contributed by atoms with Gasteiger partial charge in [0.05, 0.1) is 11.2 Å². The molecule has 0 amide bonds. The van der Waals surface area contributed by atoms with Gasteiger partial charge in [-0.3, -0.25) is 0 Å². The molecule has 0 aliphatic carbocycles. The van der Waals surface area contributed by atoms with Gasteiger partial charge in [-0.15, -0.1) is 0 Å². The Balaban J connectivity index is 2.15. The van der Waals surface area contributed by atoms with E-state index in [0.29, 0.717) is 13.1 Å². The molecule has 1 aromatic rings. The Morgan fingerprint density at radius 1 is 1.42 bits per heavy atom. The van der Waals surface area contributed by atoms with E-state index in [4.69, 9.17) is 14.3 Å². The maximum Gasteiger partial charge on any atom is 0.572 e. The molecule has 2 rings (SSSR count). The molecule has 7 nitrogen and oxygen atoms in total. The normalized spacial score (nSPS) is 20.4. The average Bonchev–Trinajstić information content (AvgIpc) is 2.83. The quantitative estimate of drug-likeness (QED) is 0.738. The maximum atomic E-state index is 11.3. The van der Waals surface area contributed by atoms with Gasteiger partial charge in [0.2, 0.25) is 0 Å². The molecular formula is C10H15B2N2O5. The molecule has 19 heavy (non-hydrogen) atoms. The zero-order chi connectivity index (χ0) is 14.3. The van der Waals surface area contributed by atoms with Gasteiger partial charge in [0.15, 0.2) is 0 Å². The molecule has 9 heteroatoms. The third-order valence-electron chi connectivity index (χ3n) is 3.47. The van der Waals surface area contributed by atoms with Crippen LogP contribution in [0, 0.1) is 0 Å². The predicted molar refractivity (Wildman–Crippen MR) is 67.8 cm³/mol. The van der Waals surface area contributed by atoms with Crippen LogP contribution in [-0.2, 0) is 14.0 Å². The van der Waals surface area contributed by atoms with Gasteiger partial charge >= 0.3 is 20.9 Å². The number of aromatic nitrogens is 2. The Morgan fingerprint density at radius 3 is 2.53 bits per heavy atom. The highest BCUT2D eigenvalue weighted by Gasteiger charge is 2.52. The molecule has 2 heterocycles. The summed E-state index contributed by atoms with van der Waals surface area (Å²) in [5.41, 5.74) is -0.313. The fraction of sp³-hybridized carbons (Fsp3) is 0.600. The molecule has 0 atom stereocenters. The van der Waals surface area contributed by atoms with Crippen molar-refractivity contribution in [2.75, 3.05) is 0 Å². The van der Waals surface area contributed by atoms with Crippen molar-refractivity contribution in [3.8, 4) is 0 Å². The van der Waals surface area contributed by atoms with E-state index >= 15 is 0 Å². The highest BCUT2D eigenvalue weighted by Crippen LogP contribution is 2.36. The minimum absolute atomic E-state index is 0.304. The Hall–Kier alpha value is -1.31. The second-order valence-corrected chi connectivity index (χ2v) is 5.30. The van der Waals surface area contributed by atoms with Crippen molar-refractivity contribution in [2.45, 2.75) is 38.9 Å². The third-order valence-corrected chi connectivity index (χ3v) is 3.47. The van der Waals surface area contributed by atoms with Crippen LogP contribution in [0.1, 0.15) is 27.7 Å². The van der Waals surface area contributed by atoms with Crippen molar-refractivity contribution < 1.29 is 23.8 Å². The average molecular weight is 265 g/mol. The number of nitrogens with zero attached hydrogens (tertiary/aromatic N) is 2. The molecule has 0 saturated carbocycles. The van der Waals surface area contributed by atoms with E-state index in [1.54, 1.807) is 0 Å². The van der Waals surface area contributed by atoms with E-state index in [0.717, 1.165) is 4.68 Å². The van der Waals surface area contributed by atoms with Gasteiger partial charge in [0.25, 0.3) is 0 Å². The summed E-state index contributed by atoms with van der Waals surface area (Å²) in [4.78, 5) is 11.3. The predicted octanol–water partition coefficient (Wildman–Crippen LogP) is -0.307. The lowest BCUT2D eigenvalue weighted by Gasteiger charge is -2.32. The van der Waals surface area contributed by atoms with Crippen LogP contribution >= 0.6 is 0 Å². The largest absolute Gasteiger partial charge is 0.572 e. The molecule has 1 saturated heterocycles. The smallest absolute Gasteiger partial charge is 0.492 e. The fourth-order valence-corrected chi connectivity index (χ4v) is 1.64. The van der Waals surface area contributed by atoms with Gasteiger partial charge in [-0.2, -0.15) is 9.78 Å². The lowest BCUT2D eigenvalue weighted by Crippen LogP contribution is -2.41. The molecule has 0 unspecified atom stereocenters. The van der Waals surface area contributed by atoms with Crippen molar-refractivity contribution in [1.29, 1.82) is 0 Å². The highest BCUT2D eigenvalue weighted by molar-refractivity contribution is 6.62. The molecule has 1 fully saturated rings. The minimum atomic E-state index is -0.815. The SMILES string of the molecule is CC1(C)OB(c2cnn(C(=O)O[B]O)c2)OC1(C)C. The molecule has 1 aromatic heterocycles. The van der Waals surface area contributed by atoms with Crippen LogP contribution in [-0.4, -0.2) is 46.9 Å². The molecule has 1 aliphatic rings. The van der Waals surface area contributed by atoms with E-state index in [2.05, 4.69) is 9.75 Å². The summed E-state index contributed by atoms with van der Waals surface area (Å²) in [6.07, 6.45) is 2.08. The van der Waals surface area contributed by atoms with E-state index in [1.165, 1.54) is 12.4 Å². The zero-order valence-corrected chi connectivity index (χ0v) is 11.3. The first-order valence-corrected chi connectivity index (χ1v) is 5.84. The summed E-state index contributed by atoms with van der Waals surface area (Å²) >= 11 is 0. The zero-order valence-electron chi connectivity index (χ0n) is 11.3. The van der Waals surface area contributed by atoms with E-state index in [-0.39, 0.29) is 0 Å². The molecule has 1 aliphatic heterocycles. The summed E-state index contributed by atoms with van der Waals surface area (Å²) in [5.74, 6) is 0. The van der Waals surface area contributed by atoms with Crippen LogP contribution in [0.25, 0.3) is 0 Å². The number of carbonyl (C=O) groups excluding carboxylic acids is 1. The first kappa shape index (κ1) is 14.1. The van der Waals surface area contributed by atoms with Crippen molar-refractivity contribution in [3.05, 3.63) is 12.4 Å². The summed E-state index contributed by atoms with van der Waals surface area (Å²) in [6.45, 7) is 7.75. The first-order valence-electron chi connectivity index (χ1n) is 5.84. The lowest BCUT2D eigenvalue weighted by atomic mass is 9.82. The molecule has 0 bridgehead atoms. The van der Waals surface area contributed by atoms with Crippen LogP contribution < -0.4 is 5.46 Å². The van der Waals surface area contributed by atoms with Gasteiger partial charge in [-0.25, -0.2) is 4.79 Å². The van der Waals surface area contributed by atoms with Crippen molar-refractivity contribution in [3.63, 3.8) is 0 Å². The Morgan fingerprint density at radius 2 is 2.00 bits per heavy atom. The first-order chi connectivity index (χ1) is 8.77. The van der Waals surface area contributed by atoms with Crippen LogP contribution in [0.3, 0.4) is 0 Å². The van der Waals surface area contributed by atoms with Gasteiger partial charge in [0, 0.05) is 17.9 Å². The monoisotopic (exact) mass is 265 g/mol. The molecule has 1 radical (unpaired) electrons. The maximum absolute atomic E-state index is 11.3. The van der Waals surface area contributed by atoms with Crippen molar-refractivity contribution in [1.82, 2.24) is 9.78 Å². The van der Waals surface area contributed by atoms with Gasteiger partial charge in [-0.1, -0.05) is 0 Å². The fourth-order valence-electron chi connectivity index (χ4n) is 1.64. The Kier molecular flexibility index (Phi) is 3.46. The van der Waals surface area contributed by atoms with Crippen LogP contribution in [0.2, 0.25) is 0 Å². The summed E-state index contributed by atoms with van der Waals surface area (Å²) < 4.78 is 16.9. The number of carbonyl (C=O) groups is 1. The second kappa shape index (κ2) is 4.66. The van der Waals surface area contributed by atoms with Gasteiger partial charge in [-0.05, 0) is 27.7 Å². The summed E-state index contributed by atoms with van der Waals surface area (Å²) in [6, 6.07) is 0. The molecule has 0 aromatic carbocycles. The Bertz CT molecular complexity index is 472. The molecular weight excluding hydrogens is 250 g/mol. The van der Waals surface area contributed by atoms with Gasteiger partial charge < -0.3 is 19.0 Å². The van der Waals surface area contributed by atoms with Crippen LogP contribution in [0.15, 0.2) is 12.4 Å². The number of hydrogen-bond acceptors (Lipinski definition) is 6. The van der Waals surface area contributed by atoms with Crippen LogP contribution in [0.5, 0.6) is 0 Å². The summed E-state index contributed by atoms with van der Waals surface area (Å²) in [5, 5.41) is 12.2.